The second kappa shape index (κ2) is 6.93. The van der Waals surface area contributed by atoms with Crippen molar-refractivity contribution in [3.8, 4) is 0 Å². The van der Waals surface area contributed by atoms with Gasteiger partial charge in [-0.15, -0.1) is 0 Å². The van der Waals surface area contributed by atoms with Crippen LogP contribution in [-0.2, 0) is 0 Å². The lowest BCUT2D eigenvalue weighted by molar-refractivity contribution is 0.0696. The number of nitrogens with one attached hydrogen (secondary N) is 1. The third-order valence-electron chi connectivity index (χ3n) is 3.73. The Kier molecular flexibility index (Phi) is 4.99. The van der Waals surface area contributed by atoms with Crippen molar-refractivity contribution in [3.05, 3.63) is 65.2 Å². The maximum absolute atomic E-state index is 11.0. The van der Waals surface area contributed by atoms with Crippen molar-refractivity contribution < 1.29 is 9.90 Å². The molecule has 1 atom stereocenters. The lowest BCUT2D eigenvalue weighted by Gasteiger charge is -2.13. The van der Waals surface area contributed by atoms with E-state index in [1.54, 1.807) is 6.07 Å². The Morgan fingerprint density at radius 2 is 1.90 bits per heavy atom. The third kappa shape index (κ3) is 4.09. The van der Waals surface area contributed by atoms with E-state index < -0.39 is 5.97 Å². The van der Waals surface area contributed by atoms with Gasteiger partial charge in [-0.2, -0.15) is 0 Å². The van der Waals surface area contributed by atoms with Gasteiger partial charge in [0, 0.05) is 12.2 Å². The van der Waals surface area contributed by atoms with Gasteiger partial charge < -0.3 is 10.4 Å². The van der Waals surface area contributed by atoms with Gasteiger partial charge in [0.15, 0.2) is 0 Å². The molecule has 3 nitrogen and oxygen atoms in total. The van der Waals surface area contributed by atoms with Crippen LogP contribution in [-0.4, -0.2) is 17.6 Å². The fourth-order valence-electron chi connectivity index (χ4n) is 2.39. The molecule has 3 heteroatoms. The smallest absolute Gasteiger partial charge is 0.335 e. The van der Waals surface area contributed by atoms with E-state index in [9.17, 15) is 4.79 Å². The molecule has 0 spiro atoms. The molecule has 21 heavy (non-hydrogen) atoms. The maximum Gasteiger partial charge on any atom is 0.335 e. The van der Waals surface area contributed by atoms with Crippen LogP contribution < -0.4 is 5.32 Å². The van der Waals surface area contributed by atoms with E-state index in [1.807, 2.05) is 25.1 Å². The zero-order valence-corrected chi connectivity index (χ0v) is 12.5. The summed E-state index contributed by atoms with van der Waals surface area (Å²) in [6.45, 7) is 4.90. The van der Waals surface area contributed by atoms with Crippen molar-refractivity contribution in [3.63, 3.8) is 0 Å². The fourth-order valence-corrected chi connectivity index (χ4v) is 2.39. The van der Waals surface area contributed by atoms with Crippen molar-refractivity contribution in [2.24, 2.45) is 0 Å². The highest BCUT2D eigenvalue weighted by atomic mass is 16.4. The van der Waals surface area contributed by atoms with Crippen LogP contribution >= 0.6 is 0 Å². The summed E-state index contributed by atoms with van der Waals surface area (Å²) in [5.41, 5.74) is 3.45. The van der Waals surface area contributed by atoms with E-state index in [0.717, 1.165) is 24.2 Å². The molecular weight excluding hydrogens is 262 g/mol. The number of hydrogen-bond acceptors (Lipinski definition) is 2. The molecule has 0 aliphatic heterocycles. The Bertz CT molecular complexity index is 608. The van der Waals surface area contributed by atoms with Crippen molar-refractivity contribution in [1.82, 2.24) is 0 Å². The quantitative estimate of drug-likeness (QED) is 0.831. The highest BCUT2D eigenvalue weighted by molar-refractivity contribution is 5.89. The Hall–Kier alpha value is -2.29. The minimum absolute atomic E-state index is 0.359. The average Bonchev–Trinajstić information content (AvgIpc) is 2.47. The Morgan fingerprint density at radius 3 is 2.52 bits per heavy atom. The molecule has 0 amide bonds. The summed E-state index contributed by atoms with van der Waals surface area (Å²) in [6, 6.07) is 15.8. The molecule has 110 valence electrons. The summed E-state index contributed by atoms with van der Waals surface area (Å²) in [5.74, 6) is -0.380. The number of anilines is 1. The molecule has 0 saturated heterocycles. The molecule has 1 unspecified atom stereocenters. The van der Waals surface area contributed by atoms with E-state index in [4.69, 9.17) is 5.11 Å². The monoisotopic (exact) mass is 283 g/mol. The minimum atomic E-state index is -0.878. The van der Waals surface area contributed by atoms with E-state index >= 15 is 0 Å². The van der Waals surface area contributed by atoms with Crippen molar-refractivity contribution >= 4 is 11.7 Å². The molecule has 0 aliphatic carbocycles. The molecule has 2 aromatic carbocycles. The van der Waals surface area contributed by atoms with Gasteiger partial charge in [-0.1, -0.05) is 37.3 Å². The number of aromatic carboxylic acids is 1. The number of carboxylic acid groups (broad SMARTS) is 1. The zero-order valence-electron chi connectivity index (χ0n) is 12.5. The molecule has 2 N–H and O–H groups in total. The zero-order chi connectivity index (χ0) is 15.2. The molecular formula is C18H21NO2. The standard InChI is InChI=1S/C18H21NO2/c1-13(15-6-4-3-5-7-15)10-11-19-16-8-9-17(18(20)21)14(2)12-16/h3-9,12-13,19H,10-11H2,1-2H3,(H,20,21). The van der Waals surface area contributed by atoms with E-state index in [-0.39, 0.29) is 0 Å². The fraction of sp³-hybridized carbons (Fsp3) is 0.278. The Balaban J connectivity index is 1.89. The average molecular weight is 283 g/mol. The van der Waals surface area contributed by atoms with Gasteiger partial charge >= 0.3 is 5.97 Å². The van der Waals surface area contributed by atoms with Gasteiger partial charge in [-0.05, 0) is 48.6 Å². The van der Waals surface area contributed by atoms with E-state index in [2.05, 4.69) is 36.5 Å². The molecule has 2 rings (SSSR count). The predicted molar refractivity (Wildman–Crippen MR) is 86.1 cm³/mol. The molecule has 0 fully saturated rings. The van der Waals surface area contributed by atoms with Crippen LogP contribution in [0.15, 0.2) is 48.5 Å². The first-order valence-corrected chi connectivity index (χ1v) is 7.20. The topological polar surface area (TPSA) is 49.3 Å². The number of benzene rings is 2. The number of aryl methyl sites for hydroxylation is 1. The van der Waals surface area contributed by atoms with Gasteiger partial charge in [0.1, 0.15) is 0 Å². The molecule has 0 aliphatic rings. The van der Waals surface area contributed by atoms with Crippen LogP contribution in [0, 0.1) is 6.92 Å². The van der Waals surface area contributed by atoms with Crippen molar-refractivity contribution in [2.45, 2.75) is 26.2 Å². The predicted octanol–water partition coefficient (Wildman–Crippen LogP) is 4.30. The lowest BCUT2D eigenvalue weighted by Crippen LogP contribution is -2.07. The van der Waals surface area contributed by atoms with Gasteiger partial charge in [0.25, 0.3) is 0 Å². The van der Waals surface area contributed by atoms with Crippen molar-refractivity contribution in [2.75, 3.05) is 11.9 Å². The van der Waals surface area contributed by atoms with Gasteiger partial charge in [-0.3, -0.25) is 0 Å². The number of rotatable bonds is 6. The number of carbonyl (C=O) groups is 1. The minimum Gasteiger partial charge on any atom is -0.478 e. The van der Waals surface area contributed by atoms with Gasteiger partial charge in [0.2, 0.25) is 0 Å². The SMILES string of the molecule is Cc1cc(NCCC(C)c2ccccc2)ccc1C(=O)O. The first-order valence-electron chi connectivity index (χ1n) is 7.20. The molecule has 0 radical (unpaired) electrons. The number of hydrogen-bond donors (Lipinski definition) is 2. The maximum atomic E-state index is 11.0. The van der Waals surface area contributed by atoms with E-state index in [0.29, 0.717) is 11.5 Å². The molecule has 0 saturated carbocycles. The van der Waals surface area contributed by atoms with Crippen LogP contribution in [0.4, 0.5) is 5.69 Å². The highest BCUT2D eigenvalue weighted by Gasteiger charge is 2.08. The summed E-state index contributed by atoms with van der Waals surface area (Å²) in [4.78, 5) is 11.0. The summed E-state index contributed by atoms with van der Waals surface area (Å²) in [7, 11) is 0. The van der Waals surface area contributed by atoms with Crippen LogP contribution in [0.1, 0.15) is 40.7 Å². The highest BCUT2D eigenvalue weighted by Crippen LogP contribution is 2.19. The normalized spacial score (nSPS) is 11.9. The van der Waals surface area contributed by atoms with Crippen molar-refractivity contribution in [1.29, 1.82) is 0 Å². The summed E-state index contributed by atoms with van der Waals surface area (Å²) < 4.78 is 0. The molecule has 0 aromatic heterocycles. The molecule has 0 bridgehead atoms. The van der Waals surface area contributed by atoms with E-state index in [1.165, 1.54) is 5.56 Å². The Labute approximate surface area is 125 Å². The number of carboxylic acids is 1. The summed E-state index contributed by atoms with van der Waals surface area (Å²) in [6.07, 6.45) is 1.03. The van der Waals surface area contributed by atoms with Crippen LogP contribution in [0.5, 0.6) is 0 Å². The van der Waals surface area contributed by atoms with Gasteiger partial charge in [-0.25, -0.2) is 4.79 Å². The van der Waals surface area contributed by atoms with Crippen LogP contribution in [0.3, 0.4) is 0 Å². The second-order valence-electron chi connectivity index (χ2n) is 5.36. The van der Waals surface area contributed by atoms with Crippen LogP contribution in [0.25, 0.3) is 0 Å². The van der Waals surface area contributed by atoms with Crippen LogP contribution in [0.2, 0.25) is 0 Å². The summed E-state index contributed by atoms with van der Waals surface area (Å²) in [5, 5.41) is 12.4. The Morgan fingerprint density at radius 1 is 1.19 bits per heavy atom. The largest absolute Gasteiger partial charge is 0.478 e. The lowest BCUT2D eigenvalue weighted by atomic mass is 9.98. The second-order valence-corrected chi connectivity index (χ2v) is 5.36. The van der Waals surface area contributed by atoms with Gasteiger partial charge in [0.05, 0.1) is 5.56 Å². The summed E-state index contributed by atoms with van der Waals surface area (Å²) >= 11 is 0. The first-order chi connectivity index (χ1) is 10.1. The molecule has 2 aromatic rings. The first kappa shape index (κ1) is 15.1. The molecule has 0 heterocycles. The third-order valence-corrected chi connectivity index (χ3v) is 3.73.